The summed E-state index contributed by atoms with van der Waals surface area (Å²) >= 11 is 0. The first kappa shape index (κ1) is 24.1. The van der Waals surface area contributed by atoms with Crippen LogP contribution in [0.2, 0.25) is 0 Å². The predicted molar refractivity (Wildman–Crippen MR) is 146 cm³/mol. The summed E-state index contributed by atoms with van der Waals surface area (Å²) in [5.41, 5.74) is 9.44. The number of anilines is 2. The molecule has 0 fully saturated rings. The monoisotopic (exact) mass is 509 g/mol. The summed E-state index contributed by atoms with van der Waals surface area (Å²) in [7, 11) is 3.68. The highest BCUT2D eigenvalue weighted by Crippen LogP contribution is 2.40. The van der Waals surface area contributed by atoms with Crippen molar-refractivity contribution >= 4 is 11.6 Å². The lowest BCUT2D eigenvalue weighted by molar-refractivity contribution is 0.183. The van der Waals surface area contributed by atoms with Gasteiger partial charge in [0.2, 0.25) is 5.95 Å². The van der Waals surface area contributed by atoms with Crippen molar-refractivity contribution in [3.05, 3.63) is 66.5 Å². The third-order valence-corrected chi connectivity index (χ3v) is 6.89. The first-order chi connectivity index (χ1) is 18.5. The van der Waals surface area contributed by atoms with E-state index in [0.717, 1.165) is 63.4 Å². The standard InChI is InChI=1S/C28H31N9O/c1-18(2)37-16-22(14-31-37)19-5-7-20(8-6-19)27-25-24(34-35(27)3)10-9-21-13-29-28(33-26(21)25)32-23-15-30-36(17-23)11-12-38-4/h5-8,13-18H,9-12H2,1-4H3,(H,29,32,33). The maximum absolute atomic E-state index is 5.14. The van der Waals surface area contributed by atoms with Gasteiger partial charge in [-0.05, 0) is 37.8 Å². The van der Waals surface area contributed by atoms with Gasteiger partial charge in [-0.1, -0.05) is 24.3 Å². The van der Waals surface area contributed by atoms with Crippen LogP contribution in [0.15, 0.2) is 55.2 Å². The van der Waals surface area contributed by atoms with E-state index in [0.29, 0.717) is 25.1 Å². The molecule has 194 valence electrons. The van der Waals surface area contributed by atoms with Crippen LogP contribution in [0.5, 0.6) is 0 Å². The number of fused-ring (bicyclic) bond motifs is 3. The quantitative estimate of drug-likeness (QED) is 0.324. The molecule has 38 heavy (non-hydrogen) atoms. The van der Waals surface area contributed by atoms with Crippen molar-refractivity contribution in [3.8, 4) is 33.6 Å². The van der Waals surface area contributed by atoms with E-state index in [1.807, 2.05) is 39.7 Å². The van der Waals surface area contributed by atoms with Gasteiger partial charge < -0.3 is 10.1 Å². The number of nitrogens with one attached hydrogen (secondary N) is 1. The van der Waals surface area contributed by atoms with Gasteiger partial charge in [0.25, 0.3) is 0 Å². The zero-order chi connectivity index (χ0) is 26.2. The Morgan fingerprint density at radius 1 is 0.974 bits per heavy atom. The third kappa shape index (κ3) is 4.47. The van der Waals surface area contributed by atoms with Gasteiger partial charge >= 0.3 is 0 Å². The molecule has 0 spiro atoms. The van der Waals surface area contributed by atoms with Crippen LogP contribution in [0.3, 0.4) is 0 Å². The molecule has 10 heteroatoms. The van der Waals surface area contributed by atoms with Crippen LogP contribution >= 0.6 is 0 Å². The van der Waals surface area contributed by atoms with E-state index in [1.165, 1.54) is 0 Å². The molecule has 4 aromatic heterocycles. The average Bonchev–Trinajstić information content (AvgIpc) is 3.66. The molecule has 0 aliphatic heterocycles. The van der Waals surface area contributed by atoms with E-state index in [2.05, 4.69) is 64.8 Å². The van der Waals surface area contributed by atoms with Gasteiger partial charge in [0.1, 0.15) is 0 Å². The molecule has 4 heterocycles. The van der Waals surface area contributed by atoms with Crippen molar-refractivity contribution < 1.29 is 4.74 Å². The van der Waals surface area contributed by atoms with Gasteiger partial charge in [0, 0.05) is 55.5 Å². The van der Waals surface area contributed by atoms with E-state index in [1.54, 1.807) is 13.3 Å². The summed E-state index contributed by atoms with van der Waals surface area (Å²) in [6.07, 6.45) is 11.4. The first-order valence-electron chi connectivity index (χ1n) is 12.9. The highest BCUT2D eigenvalue weighted by molar-refractivity contribution is 5.85. The minimum Gasteiger partial charge on any atom is -0.383 e. The molecule has 0 radical (unpaired) electrons. The molecule has 1 N–H and O–H groups in total. The molecule has 1 aliphatic carbocycles. The molecule has 0 saturated heterocycles. The van der Waals surface area contributed by atoms with Crippen molar-refractivity contribution in [2.24, 2.45) is 7.05 Å². The number of ether oxygens (including phenoxy) is 1. The van der Waals surface area contributed by atoms with Gasteiger partial charge in [-0.3, -0.25) is 14.0 Å². The van der Waals surface area contributed by atoms with E-state index < -0.39 is 0 Å². The highest BCUT2D eigenvalue weighted by Gasteiger charge is 2.27. The summed E-state index contributed by atoms with van der Waals surface area (Å²) < 4.78 is 10.9. The molecular formula is C28H31N9O. The number of methoxy groups -OCH3 is 1. The third-order valence-electron chi connectivity index (χ3n) is 6.89. The first-order valence-corrected chi connectivity index (χ1v) is 12.9. The summed E-state index contributed by atoms with van der Waals surface area (Å²) in [6, 6.07) is 8.94. The summed E-state index contributed by atoms with van der Waals surface area (Å²) in [6.45, 7) is 5.55. The molecule has 10 nitrogen and oxygen atoms in total. The largest absolute Gasteiger partial charge is 0.383 e. The fourth-order valence-electron chi connectivity index (χ4n) is 4.91. The zero-order valence-electron chi connectivity index (χ0n) is 22.1. The van der Waals surface area contributed by atoms with Crippen molar-refractivity contribution in [2.75, 3.05) is 19.0 Å². The predicted octanol–water partition coefficient (Wildman–Crippen LogP) is 4.67. The van der Waals surface area contributed by atoms with E-state index >= 15 is 0 Å². The number of rotatable bonds is 8. The second kappa shape index (κ2) is 9.86. The van der Waals surface area contributed by atoms with Crippen LogP contribution in [0.1, 0.15) is 31.1 Å². The number of aryl methyl sites for hydroxylation is 3. The number of benzene rings is 1. The second-order valence-electron chi connectivity index (χ2n) is 9.85. The molecule has 0 bridgehead atoms. The normalized spacial score (nSPS) is 12.6. The van der Waals surface area contributed by atoms with E-state index in [-0.39, 0.29) is 0 Å². The lowest BCUT2D eigenvalue weighted by atomic mass is 9.91. The number of hydrogen-bond donors (Lipinski definition) is 1. The molecule has 0 atom stereocenters. The van der Waals surface area contributed by atoms with Crippen LogP contribution in [0.4, 0.5) is 11.6 Å². The van der Waals surface area contributed by atoms with Crippen LogP contribution < -0.4 is 5.32 Å². The molecule has 1 aliphatic rings. The molecule has 5 aromatic rings. The fraction of sp³-hybridized carbons (Fsp3) is 0.321. The Bertz CT molecular complexity index is 1580. The molecule has 1 aromatic carbocycles. The fourth-order valence-corrected chi connectivity index (χ4v) is 4.91. The number of nitrogens with zero attached hydrogens (tertiary/aromatic N) is 8. The van der Waals surface area contributed by atoms with Crippen molar-refractivity contribution in [3.63, 3.8) is 0 Å². The zero-order valence-corrected chi connectivity index (χ0v) is 22.1. The summed E-state index contributed by atoms with van der Waals surface area (Å²) in [5, 5.41) is 17.0. The average molecular weight is 510 g/mol. The number of hydrogen-bond acceptors (Lipinski definition) is 7. The number of aromatic nitrogens is 8. The van der Waals surface area contributed by atoms with Gasteiger partial charge in [0.05, 0.1) is 48.3 Å². The van der Waals surface area contributed by atoms with E-state index in [9.17, 15) is 0 Å². The summed E-state index contributed by atoms with van der Waals surface area (Å²) in [5.74, 6) is 0.537. The highest BCUT2D eigenvalue weighted by atomic mass is 16.5. The molecule has 0 unspecified atom stereocenters. The Kier molecular flexibility index (Phi) is 6.24. The van der Waals surface area contributed by atoms with Crippen LogP contribution in [0.25, 0.3) is 33.6 Å². The maximum Gasteiger partial charge on any atom is 0.227 e. The Morgan fingerprint density at radius 2 is 1.79 bits per heavy atom. The van der Waals surface area contributed by atoms with Gasteiger partial charge in [-0.2, -0.15) is 15.3 Å². The SMILES string of the molecule is COCCn1cc(Nc2ncc3c(n2)-c2c(nn(C)c2-c2ccc(-c4cnn(C(C)C)c4)cc2)CC3)cn1. The topological polar surface area (TPSA) is 100 Å². The second-order valence-corrected chi connectivity index (χ2v) is 9.85. The Balaban J connectivity index is 1.32. The van der Waals surface area contributed by atoms with Gasteiger partial charge in [-0.25, -0.2) is 9.97 Å². The Hall–Kier alpha value is -4.31. The maximum atomic E-state index is 5.14. The lowest BCUT2D eigenvalue weighted by Gasteiger charge is -2.17. The molecule has 6 rings (SSSR count). The van der Waals surface area contributed by atoms with Crippen LogP contribution in [0, 0.1) is 0 Å². The molecular weight excluding hydrogens is 478 g/mol. The summed E-state index contributed by atoms with van der Waals surface area (Å²) in [4.78, 5) is 9.54. The van der Waals surface area contributed by atoms with Crippen molar-refractivity contribution in [1.29, 1.82) is 0 Å². The molecule has 0 amide bonds. The molecule has 0 saturated carbocycles. The Morgan fingerprint density at radius 3 is 2.55 bits per heavy atom. The van der Waals surface area contributed by atoms with Gasteiger partial charge in [-0.15, -0.1) is 0 Å². The van der Waals surface area contributed by atoms with Crippen LogP contribution in [-0.2, 0) is 31.2 Å². The lowest BCUT2D eigenvalue weighted by Crippen LogP contribution is -2.08. The minimum absolute atomic E-state index is 0.331. The smallest absolute Gasteiger partial charge is 0.227 e. The Labute approximate surface area is 221 Å². The van der Waals surface area contributed by atoms with Crippen molar-refractivity contribution in [2.45, 2.75) is 39.3 Å². The van der Waals surface area contributed by atoms with Crippen LogP contribution in [-0.4, -0.2) is 53.0 Å². The van der Waals surface area contributed by atoms with E-state index in [4.69, 9.17) is 14.8 Å². The van der Waals surface area contributed by atoms with Gasteiger partial charge in [0.15, 0.2) is 0 Å². The minimum atomic E-state index is 0.331. The van der Waals surface area contributed by atoms with Crippen molar-refractivity contribution in [1.82, 2.24) is 39.3 Å².